The van der Waals surface area contributed by atoms with E-state index in [-0.39, 0.29) is 18.5 Å². The highest BCUT2D eigenvalue weighted by molar-refractivity contribution is 5.77. The first-order chi connectivity index (χ1) is 9.83. The minimum atomic E-state index is -0.849. The first-order valence-corrected chi connectivity index (χ1v) is 7.78. The van der Waals surface area contributed by atoms with Crippen LogP contribution in [0, 0.1) is 0 Å². The Morgan fingerprint density at radius 1 is 1.24 bits per heavy atom. The molecule has 0 aliphatic heterocycles. The highest BCUT2D eigenvalue weighted by Crippen LogP contribution is 2.31. The van der Waals surface area contributed by atoms with E-state index in [4.69, 9.17) is 5.11 Å². The van der Waals surface area contributed by atoms with E-state index >= 15 is 0 Å². The number of hydrogen-bond donors (Lipinski definition) is 3. The van der Waals surface area contributed by atoms with Crippen LogP contribution in [0.15, 0.2) is 0 Å². The lowest BCUT2D eigenvalue weighted by molar-refractivity contribution is -0.139. The van der Waals surface area contributed by atoms with E-state index in [0.717, 1.165) is 45.1 Å². The molecular formula is C15H29N3O3. The van der Waals surface area contributed by atoms with Crippen molar-refractivity contribution in [1.29, 1.82) is 0 Å². The first kappa shape index (κ1) is 17.8. The number of amides is 2. The molecule has 1 atom stereocenters. The fourth-order valence-electron chi connectivity index (χ4n) is 2.89. The summed E-state index contributed by atoms with van der Waals surface area (Å²) in [6.07, 6.45) is 5.44. The van der Waals surface area contributed by atoms with Gasteiger partial charge < -0.3 is 20.6 Å². The predicted molar refractivity (Wildman–Crippen MR) is 82.4 cm³/mol. The van der Waals surface area contributed by atoms with Crippen molar-refractivity contribution in [3.63, 3.8) is 0 Å². The third kappa shape index (κ3) is 6.80. The molecule has 1 fully saturated rings. The minimum absolute atomic E-state index is 0.00645. The van der Waals surface area contributed by atoms with Crippen LogP contribution in [0.4, 0.5) is 4.79 Å². The van der Waals surface area contributed by atoms with Crippen LogP contribution in [-0.2, 0) is 4.79 Å². The van der Waals surface area contributed by atoms with Gasteiger partial charge in [0.15, 0.2) is 0 Å². The molecule has 2 amide bonds. The average molecular weight is 299 g/mol. The highest BCUT2D eigenvalue weighted by Gasteiger charge is 2.35. The number of carboxylic acids is 1. The highest BCUT2D eigenvalue weighted by atomic mass is 16.4. The van der Waals surface area contributed by atoms with Crippen molar-refractivity contribution in [2.45, 2.75) is 63.5 Å². The van der Waals surface area contributed by atoms with Gasteiger partial charge in [-0.1, -0.05) is 19.3 Å². The third-order valence-corrected chi connectivity index (χ3v) is 4.07. The Labute approximate surface area is 127 Å². The van der Waals surface area contributed by atoms with Crippen molar-refractivity contribution >= 4 is 12.0 Å². The fourth-order valence-corrected chi connectivity index (χ4v) is 2.89. The Kier molecular flexibility index (Phi) is 6.95. The molecule has 0 spiro atoms. The minimum Gasteiger partial charge on any atom is -0.481 e. The van der Waals surface area contributed by atoms with E-state index in [1.165, 1.54) is 0 Å². The number of nitrogens with zero attached hydrogens (tertiary/aromatic N) is 1. The van der Waals surface area contributed by atoms with Crippen LogP contribution in [0.25, 0.3) is 0 Å². The molecule has 0 bridgehead atoms. The van der Waals surface area contributed by atoms with E-state index < -0.39 is 11.5 Å². The standard InChI is InChI=1S/C15H29N3O3/c1-12(7-10-18(2)3)16-14(21)17-15(11-13(19)20)8-5-4-6-9-15/h12H,4-11H2,1-3H3,(H,19,20)(H2,16,17,21). The van der Waals surface area contributed by atoms with E-state index in [1.807, 2.05) is 21.0 Å². The van der Waals surface area contributed by atoms with Gasteiger partial charge in [-0.2, -0.15) is 0 Å². The lowest BCUT2D eigenvalue weighted by atomic mass is 9.79. The molecule has 0 aromatic carbocycles. The Morgan fingerprint density at radius 2 is 1.86 bits per heavy atom. The third-order valence-electron chi connectivity index (χ3n) is 4.07. The van der Waals surface area contributed by atoms with Gasteiger partial charge in [0, 0.05) is 6.04 Å². The molecule has 1 aliphatic rings. The molecular weight excluding hydrogens is 270 g/mol. The normalized spacial score (nSPS) is 19.0. The molecule has 21 heavy (non-hydrogen) atoms. The van der Waals surface area contributed by atoms with Gasteiger partial charge in [0.2, 0.25) is 0 Å². The topological polar surface area (TPSA) is 81.7 Å². The first-order valence-electron chi connectivity index (χ1n) is 7.78. The zero-order valence-corrected chi connectivity index (χ0v) is 13.4. The van der Waals surface area contributed by atoms with Gasteiger partial charge in [0.25, 0.3) is 0 Å². The van der Waals surface area contributed by atoms with Crippen molar-refractivity contribution in [2.75, 3.05) is 20.6 Å². The number of aliphatic carboxylic acids is 1. The monoisotopic (exact) mass is 299 g/mol. The molecule has 6 nitrogen and oxygen atoms in total. The predicted octanol–water partition coefficient (Wildman–Crippen LogP) is 1.80. The van der Waals surface area contributed by atoms with Gasteiger partial charge >= 0.3 is 12.0 Å². The number of urea groups is 1. The Morgan fingerprint density at radius 3 is 2.38 bits per heavy atom. The van der Waals surface area contributed by atoms with E-state index in [9.17, 15) is 9.59 Å². The molecule has 0 saturated heterocycles. The zero-order chi connectivity index (χ0) is 15.9. The molecule has 0 aromatic heterocycles. The number of nitrogens with one attached hydrogen (secondary N) is 2. The summed E-state index contributed by atoms with van der Waals surface area (Å²) in [5, 5.41) is 14.9. The van der Waals surface area contributed by atoms with Gasteiger partial charge in [-0.15, -0.1) is 0 Å². The molecule has 0 heterocycles. The summed E-state index contributed by atoms with van der Waals surface area (Å²) in [6.45, 7) is 2.87. The lowest BCUT2D eigenvalue weighted by Gasteiger charge is -2.37. The smallest absolute Gasteiger partial charge is 0.315 e. The van der Waals surface area contributed by atoms with Crippen molar-refractivity contribution in [2.24, 2.45) is 0 Å². The Hall–Kier alpha value is -1.30. The molecule has 0 aromatic rings. The number of carbonyl (C=O) groups is 2. The second-order valence-corrected chi connectivity index (χ2v) is 6.50. The van der Waals surface area contributed by atoms with Gasteiger partial charge in [-0.25, -0.2) is 4.79 Å². The fraction of sp³-hybridized carbons (Fsp3) is 0.867. The summed E-state index contributed by atoms with van der Waals surface area (Å²) in [4.78, 5) is 25.3. The molecule has 6 heteroatoms. The quantitative estimate of drug-likeness (QED) is 0.669. The van der Waals surface area contributed by atoms with Crippen molar-refractivity contribution in [1.82, 2.24) is 15.5 Å². The van der Waals surface area contributed by atoms with Gasteiger partial charge in [-0.3, -0.25) is 4.79 Å². The van der Waals surface area contributed by atoms with Crippen LogP contribution in [0.2, 0.25) is 0 Å². The second-order valence-electron chi connectivity index (χ2n) is 6.50. The molecule has 122 valence electrons. The van der Waals surface area contributed by atoms with E-state index in [1.54, 1.807) is 0 Å². The van der Waals surface area contributed by atoms with Crippen molar-refractivity contribution < 1.29 is 14.7 Å². The van der Waals surface area contributed by atoms with Crippen molar-refractivity contribution in [3.05, 3.63) is 0 Å². The summed E-state index contributed by atoms with van der Waals surface area (Å²) in [5.74, 6) is -0.849. The zero-order valence-electron chi connectivity index (χ0n) is 13.4. The van der Waals surface area contributed by atoms with Gasteiger partial charge in [-0.05, 0) is 46.8 Å². The van der Waals surface area contributed by atoms with Crippen LogP contribution >= 0.6 is 0 Å². The number of hydrogen-bond acceptors (Lipinski definition) is 3. The summed E-state index contributed by atoms with van der Waals surface area (Å²) < 4.78 is 0. The molecule has 0 radical (unpaired) electrons. The molecule has 1 aliphatic carbocycles. The molecule has 1 saturated carbocycles. The van der Waals surface area contributed by atoms with E-state index in [0.29, 0.717) is 0 Å². The average Bonchev–Trinajstić information content (AvgIpc) is 2.35. The Balaban J connectivity index is 2.50. The SMILES string of the molecule is CC(CCN(C)C)NC(=O)NC1(CC(=O)O)CCCCC1. The van der Waals surface area contributed by atoms with Crippen LogP contribution < -0.4 is 10.6 Å². The molecule has 1 unspecified atom stereocenters. The summed E-state index contributed by atoms with van der Waals surface area (Å²) in [7, 11) is 3.99. The summed E-state index contributed by atoms with van der Waals surface area (Å²) in [6, 6.07) is -0.178. The number of carboxylic acid groups (broad SMARTS) is 1. The summed E-state index contributed by atoms with van der Waals surface area (Å²) in [5.41, 5.74) is -0.574. The molecule has 1 rings (SSSR count). The lowest BCUT2D eigenvalue weighted by Crippen LogP contribution is -2.55. The number of carbonyl (C=O) groups excluding carboxylic acids is 1. The largest absolute Gasteiger partial charge is 0.481 e. The van der Waals surface area contributed by atoms with Gasteiger partial charge in [0.1, 0.15) is 0 Å². The maximum absolute atomic E-state index is 12.1. The maximum Gasteiger partial charge on any atom is 0.315 e. The maximum atomic E-state index is 12.1. The molecule has 3 N–H and O–H groups in total. The van der Waals surface area contributed by atoms with Crippen molar-refractivity contribution in [3.8, 4) is 0 Å². The second kappa shape index (κ2) is 8.22. The van der Waals surface area contributed by atoms with Crippen LogP contribution in [0.5, 0.6) is 0 Å². The van der Waals surface area contributed by atoms with Crippen LogP contribution in [0.1, 0.15) is 51.9 Å². The van der Waals surface area contributed by atoms with Crippen LogP contribution in [-0.4, -0.2) is 54.2 Å². The van der Waals surface area contributed by atoms with E-state index in [2.05, 4.69) is 15.5 Å². The summed E-state index contributed by atoms with van der Waals surface area (Å²) >= 11 is 0. The Bertz CT molecular complexity index is 352. The van der Waals surface area contributed by atoms with Gasteiger partial charge in [0.05, 0.1) is 12.0 Å². The van der Waals surface area contributed by atoms with Crippen LogP contribution in [0.3, 0.4) is 0 Å². The number of rotatable bonds is 7.